The molecular formula is C26H27FN4O2S. The first-order chi connectivity index (χ1) is 16.5. The molecule has 2 aromatic carbocycles. The van der Waals surface area contributed by atoms with Gasteiger partial charge >= 0.3 is 5.63 Å². The molecule has 0 unspecified atom stereocenters. The van der Waals surface area contributed by atoms with Gasteiger partial charge in [-0.2, -0.15) is 0 Å². The number of benzene rings is 2. The van der Waals surface area contributed by atoms with Crippen molar-refractivity contribution in [3.8, 4) is 5.69 Å². The average Bonchev–Trinajstić information content (AvgIpc) is 3.22. The summed E-state index contributed by atoms with van der Waals surface area (Å²) in [6, 6.07) is 11.9. The Morgan fingerprint density at radius 3 is 2.50 bits per heavy atom. The molecule has 0 radical (unpaired) electrons. The second-order valence-corrected chi connectivity index (χ2v) is 9.80. The monoisotopic (exact) mass is 478 g/mol. The van der Waals surface area contributed by atoms with Crippen LogP contribution in [0, 0.1) is 19.7 Å². The molecule has 0 spiro atoms. The van der Waals surface area contributed by atoms with Crippen molar-refractivity contribution in [3.63, 3.8) is 0 Å². The summed E-state index contributed by atoms with van der Waals surface area (Å²) in [5.41, 5.74) is 4.18. The van der Waals surface area contributed by atoms with Gasteiger partial charge in [0.1, 0.15) is 11.4 Å². The second kappa shape index (κ2) is 9.72. The van der Waals surface area contributed by atoms with Crippen LogP contribution in [0.25, 0.3) is 16.7 Å². The molecule has 6 nitrogen and oxygen atoms in total. The molecule has 176 valence electrons. The van der Waals surface area contributed by atoms with Gasteiger partial charge in [-0.1, -0.05) is 18.2 Å². The lowest BCUT2D eigenvalue weighted by molar-refractivity contribution is 0.214. The zero-order valence-corrected chi connectivity index (χ0v) is 20.2. The van der Waals surface area contributed by atoms with Gasteiger partial charge in [0.05, 0.1) is 6.54 Å². The van der Waals surface area contributed by atoms with Gasteiger partial charge in [-0.25, -0.2) is 9.18 Å². The Kier molecular flexibility index (Phi) is 6.52. The van der Waals surface area contributed by atoms with Crippen LogP contribution < -0.4 is 5.63 Å². The summed E-state index contributed by atoms with van der Waals surface area (Å²) >= 11 is 1.51. The molecule has 5 rings (SSSR count). The Labute approximate surface area is 201 Å². The molecule has 1 aliphatic heterocycles. The number of halogens is 1. The molecule has 0 saturated carbocycles. The van der Waals surface area contributed by atoms with Crippen molar-refractivity contribution in [2.75, 3.05) is 13.1 Å². The van der Waals surface area contributed by atoms with Crippen molar-refractivity contribution >= 4 is 22.7 Å². The minimum absolute atomic E-state index is 0.281. The van der Waals surface area contributed by atoms with E-state index in [1.165, 1.54) is 43.2 Å². The van der Waals surface area contributed by atoms with Gasteiger partial charge in [-0.3, -0.25) is 9.47 Å². The van der Waals surface area contributed by atoms with Crippen LogP contribution in [0.5, 0.6) is 0 Å². The molecule has 1 fully saturated rings. The van der Waals surface area contributed by atoms with Crippen LogP contribution in [0.4, 0.5) is 4.39 Å². The predicted octanol–water partition coefficient (Wildman–Crippen LogP) is 5.41. The van der Waals surface area contributed by atoms with Crippen LogP contribution in [0.2, 0.25) is 0 Å². The minimum Gasteiger partial charge on any atom is -0.423 e. The third-order valence-electron chi connectivity index (χ3n) is 6.40. The maximum Gasteiger partial charge on any atom is 0.336 e. The Bertz CT molecular complexity index is 1370. The molecule has 3 heterocycles. The first kappa shape index (κ1) is 22.8. The molecular weight excluding hydrogens is 451 g/mol. The van der Waals surface area contributed by atoms with Crippen LogP contribution in [0.3, 0.4) is 0 Å². The molecule has 0 atom stereocenters. The molecule has 4 aromatic rings. The largest absolute Gasteiger partial charge is 0.423 e. The molecule has 0 amide bonds. The maximum absolute atomic E-state index is 13.6. The van der Waals surface area contributed by atoms with Crippen LogP contribution in [-0.2, 0) is 12.3 Å². The quantitative estimate of drug-likeness (QED) is 0.273. The molecule has 34 heavy (non-hydrogen) atoms. The van der Waals surface area contributed by atoms with Crippen molar-refractivity contribution in [1.29, 1.82) is 0 Å². The summed E-state index contributed by atoms with van der Waals surface area (Å²) in [6.45, 7) is 6.84. The summed E-state index contributed by atoms with van der Waals surface area (Å²) < 4.78 is 21.1. The third-order valence-corrected chi connectivity index (χ3v) is 7.38. The lowest BCUT2D eigenvalue weighted by atomic mass is 10.0. The minimum atomic E-state index is -0.364. The fraction of sp³-hybridized carbons (Fsp3) is 0.346. The van der Waals surface area contributed by atoms with E-state index in [1.807, 2.05) is 17.6 Å². The molecule has 1 saturated heterocycles. The van der Waals surface area contributed by atoms with E-state index in [1.54, 1.807) is 18.2 Å². The van der Waals surface area contributed by atoms with Crippen molar-refractivity contribution in [2.45, 2.75) is 50.6 Å². The Balaban J connectivity index is 1.48. The lowest BCUT2D eigenvalue weighted by Crippen LogP contribution is -2.30. The van der Waals surface area contributed by atoms with E-state index in [9.17, 15) is 9.18 Å². The van der Waals surface area contributed by atoms with Crippen molar-refractivity contribution in [1.82, 2.24) is 19.7 Å². The first-order valence-electron chi connectivity index (χ1n) is 11.6. The number of nitrogens with zero attached hydrogens (tertiary/aromatic N) is 4. The van der Waals surface area contributed by atoms with Gasteiger partial charge in [0.25, 0.3) is 0 Å². The highest BCUT2D eigenvalue weighted by molar-refractivity contribution is 7.98. The zero-order valence-electron chi connectivity index (χ0n) is 19.4. The number of aryl methyl sites for hydroxylation is 2. The van der Waals surface area contributed by atoms with Crippen molar-refractivity contribution < 1.29 is 8.81 Å². The highest BCUT2D eigenvalue weighted by Gasteiger charge is 2.19. The van der Waals surface area contributed by atoms with Crippen LogP contribution in [-0.4, -0.2) is 32.8 Å². The third kappa shape index (κ3) is 4.79. The maximum atomic E-state index is 13.6. The van der Waals surface area contributed by atoms with E-state index < -0.39 is 0 Å². The summed E-state index contributed by atoms with van der Waals surface area (Å²) in [5.74, 6) is 1.09. The SMILES string of the molecule is Cc1cc2oc(=O)cc(CSc3nnc(CN4CCCCC4)n3-c3ccc(F)cc3)c2cc1C. The van der Waals surface area contributed by atoms with E-state index in [2.05, 4.69) is 28.1 Å². The molecule has 2 aromatic heterocycles. The van der Waals surface area contributed by atoms with Crippen molar-refractivity contribution in [2.24, 2.45) is 0 Å². The van der Waals surface area contributed by atoms with Gasteiger partial charge in [-0.15, -0.1) is 10.2 Å². The number of thioether (sulfide) groups is 1. The number of aromatic nitrogens is 3. The van der Waals surface area contributed by atoms with Crippen LogP contribution in [0.1, 0.15) is 41.8 Å². The molecule has 1 aliphatic rings. The summed E-state index contributed by atoms with van der Waals surface area (Å²) in [5, 5.41) is 10.6. The fourth-order valence-electron chi connectivity index (χ4n) is 4.41. The van der Waals surface area contributed by atoms with E-state index in [4.69, 9.17) is 4.42 Å². The van der Waals surface area contributed by atoms with Crippen LogP contribution >= 0.6 is 11.8 Å². The highest BCUT2D eigenvalue weighted by atomic mass is 32.2. The lowest BCUT2D eigenvalue weighted by Gasteiger charge is -2.26. The molecule has 8 heteroatoms. The summed E-state index contributed by atoms with van der Waals surface area (Å²) in [4.78, 5) is 14.6. The van der Waals surface area contributed by atoms with Gasteiger partial charge in [0, 0.05) is 22.9 Å². The zero-order chi connectivity index (χ0) is 23.7. The van der Waals surface area contributed by atoms with E-state index in [0.29, 0.717) is 23.0 Å². The van der Waals surface area contributed by atoms with Gasteiger partial charge in [-0.05, 0) is 92.9 Å². The smallest absolute Gasteiger partial charge is 0.336 e. The molecule has 0 N–H and O–H groups in total. The Morgan fingerprint density at radius 1 is 1.00 bits per heavy atom. The fourth-order valence-corrected chi connectivity index (χ4v) is 5.37. The normalized spacial score (nSPS) is 14.7. The summed E-state index contributed by atoms with van der Waals surface area (Å²) in [6.07, 6.45) is 3.64. The van der Waals surface area contributed by atoms with E-state index >= 15 is 0 Å². The van der Waals surface area contributed by atoms with Gasteiger partial charge in [0.15, 0.2) is 11.0 Å². The van der Waals surface area contributed by atoms with Gasteiger partial charge < -0.3 is 4.42 Å². The Hall–Kier alpha value is -2.97. The van der Waals surface area contributed by atoms with E-state index in [0.717, 1.165) is 46.7 Å². The number of rotatable bonds is 6. The number of likely N-dealkylation sites (tertiary alicyclic amines) is 1. The predicted molar refractivity (Wildman–Crippen MR) is 132 cm³/mol. The number of hydrogen-bond donors (Lipinski definition) is 0. The Morgan fingerprint density at radius 2 is 1.74 bits per heavy atom. The number of piperidine rings is 1. The van der Waals surface area contributed by atoms with Crippen molar-refractivity contribution in [3.05, 3.63) is 81.2 Å². The van der Waals surface area contributed by atoms with Gasteiger partial charge in [0.2, 0.25) is 0 Å². The van der Waals surface area contributed by atoms with E-state index in [-0.39, 0.29) is 11.4 Å². The molecule has 0 bridgehead atoms. The standard InChI is InChI=1S/C26H27FN4O2S/c1-17-12-22-19(14-25(32)33-23(22)13-18(17)2)16-34-26-29-28-24(15-30-10-4-3-5-11-30)31(26)21-8-6-20(27)7-9-21/h6-9,12-14H,3-5,10-11,15-16H2,1-2H3. The van der Waals surface area contributed by atoms with Crippen LogP contribution in [0.15, 0.2) is 56.8 Å². The molecule has 0 aliphatic carbocycles. The number of hydrogen-bond acceptors (Lipinski definition) is 6. The topological polar surface area (TPSA) is 64.2 Å². The summed E-state index contributed by atoms with van der Waals surface area (Å²) in [7, 11) is 0. The first-order valence-corrected chi connectivity index (χ1v) is 12.6. The highest BCUT2D eigenvalue weighted by Crippen LogP contribution is 2.30. The average molecular weight is 479 g/mol. The second-order valence-electron chi connectivity index (χ2n) is 8.86. The number of fused-ring (bicyclic) bond motifs is 1.